The predicted molar refractivity (Wildman–Crippen MR) is 111 cm³/mol. The highest BCUT2D eigenvalue weighted by Gasteiger charge is 2.54. The highest BCUT2D eigenvalue weighted by molar-refractivity contribution is 7.92. The van der Waals surface area contributed by atoms with E-state index in [9.17, 15) is 21.9 Å². The van der Waals surface area contributed by atoms with Crippen molar-refractivity contribution < 1.29 is 21.9 Å². The molecular formula is C18H17Cl2N3O5S2. The van der Waals surface area contributed by atoms with Crippen molar-refractivity contribution in [3.63, 3.8) is 0 Å². The average Bonchev–Trinajstić information content (AvgIpc) is 3.08. The predicted octanol–water partition coefficient (Wildman–Crippen LogP) is 1.40. The minimum absolute atomic E-state index is 0.112. The van der Waals surface area contributed by atoms with Gasteiger partial charge in [0.2, 0.25) is 10.0 Å². The Bertz CT molecular complexity index is 1230. The van der Waals surface area contributed by atoms with Gasteiger partial charge in [0.05, 0.1) is 21.6 Å². The van der Waals surface area contributed by atoms with Gasteiger partial charge >= 0.3 is 0 Å². The number of nitrogens with two attached hydrogens (primary N) is 1. The minimum Gasteiger partial charge on any atom is -0.386 e. The number of β-amino-alcohol motifs (C(OH)–C–C–N with tert-alkyl or cyclic N) is 1. The lowest BCUT2D eigenvalue weighted by molar-refractivity contribution is 0.0676. The molecule has 2 aromatic rings. The Morgan fingerprint density at radius 1 is 1.17 bits per heavy atom. The summed E-state index contributed by atoms with van der Waals surface area (Å²) in [6, 6.07) is 10.8. The molecule has 0 amide bonds. The summed E-state index contributed by atoms with van der Waals surface area (Å²) >= 11 is 11.8. The van der Waals surface area contributed by atoms with E-state index in [2.05, 4.69) is 0 Å². The van der Waals surface area contributed by atoms with Gasteiger partial charge in [0, 0.05) is 24.7 Å². The Kier molecular flexibility index (Phi) is 6.19. The second-order valence-electron chi connectivity index (χ2n) is 6.85. The fraction of sp³-hybridized carbons (Fsp3) is 0.278. The molecule has 0 spiro atoms. The topological polar surface area (TPSA) is 142 Å². The molecule has 1 unspecified atom stereocenters. The van der Waals surface area contributed by atoms with Gasteiger partial charge in [0.25, 0.3) is 0 Å². The lowest BCUT2D eigenvalue weighted by atomic mass is 10.0. The van der Waals surface area contributed by atoms with Crippen LogP contribution in [-0.2, 0) is 19.9 Å². The Labute approximate surface area is 184 Å². The van der Waals surface area contributed by atoms with E-state index >= 15 is 0 Å². The number of sulfonamides is 1. The lowest BCUT2D eigenvalue weighted by Gasteiger charge is -2.27. The monoisotopic (exact) mass is 489 g/mol. The first kappa shape index (κ1) is 23.0. The molecule has 0 aliphatic carbocycles. The van der Waals surface area contributed by atoms with Crippen molar-refractivity contribution in [3.8, 4) is 6.07 Å². The highest BCUT2D eigenvalue weighted by atomic mass is 35.5. The summed E-state index contributed by atoms with van der Waals surface area (Å²) in [4.78, 5) is -0.411. The van der Waals surface area contributed by atoms with Gasteiger partial charge in [-0.25, -0.2) is 16.8 Å². The van der Waals surface area contributed by atoms with Crippen molar-refractivity contribution in [1.82, 2.24) is 4.31 Å². The van der Waals surface area contributed by atoms with Crippen molar-refractivity contribution in [3.05, 3.63) is 58.1 Å². The first-order valence-corrected chi connectivity index (χ1v) is 12.3. The maximum absolute atomic E-state index is 13.1. The molecule has 3 rings (SSSR count). The molecule has 30 heavy (non-hydrogen) atoms. The molecule has 8 nitrogen and oxygen atoms in total. The van der Waals surface area contributed by atoms with Crippen molar-refractivity contribution in [1.29, 1.82) is 5.26 Å². The maximum atomic E-state index is 13.1. The smallest absolute Gasteiger partial charge is 0.244 e. The van der Waals surface area contributed by atoms with Crippen molar-refractivity contribution in [2.45, 2.75) is 20.6 Å². The van der Waals surface area contributed by atoms with Gasteiger partial charge in [-0.05, 0) is 42.5 Å². The minimum atomic E-state index is -4.27. The van der Waals surface area contributed by atoms with Crippen LogP contribution >= 0.6 is 23.2 Å². The molecule has 0 aromatic heterocycles. The van der Waals surface area contributed by atoms with Crippen LogP contribution in [0, 0.1) is 11.3 Å². The molecule has 1 aliphatic rings. The van der Waals surface area contributed by atoms with E-state index in [0.29, 0.717) is 5.02 Å². The van der Waals surface area contributed by atoms with Crippen LogP contribution in [0.15, 0.2) is 52.3 Å². The zero-order valence-corrected chi connectivity index (χ0v) is 18.5. The maximum Gasteiger partial charge on any atom is 0.244 e. The molecule has 0 saturated carbocycles. The van der Waals surface area contributed by atoms with E-state index in [1.54, 1.807) is 0 Å². The van der Waals surface area contributed by atoms with Gasteiger partial charge < -0.3 is 10.8 Å². The third-order valence-corrected chi connectivity index (χ3v) is 9.78. The van der Waals surface area contributed by atoms with E-state index < -0.39 is 50.3 Å². The molecule has 1 fully saturated rings. The third kappa shape index (κ3) is 3.94. The fourth-order valence-corrected chi connectivity index (χ4v) is 7.52. The molecule has 2 aromatic carbocycles. The fourth-order valence-electron chi connectivity index (χ4n) is 3.30. The van der Waals surface area contributed by atoms with Crippen LogP contribution in [0.1, 0.15) is 5.56 Å². The average molecular weight is 490 g/mol. The van der Waals surface area contributed by atoms with Crippen molar-refractivity contribution in [2.75, 3.05) is 19.6 Å². The Balaban J connectivity index is 2.02. The van der Waals surface area contributed by atoms with Crippen molar-refractivity contribution >= 4 is 43.1 Å². The summed E-state index contributed by atoms with van der Waals surface area (Å²) < 4.78 is 53.3. The summed E-state index contributed by atoms with van der Waals surface area (Å²) in [6.45, 7) is -1.52. The van der Waals surface area contributed by atoms with Gasteiger partial charge in [-0.2, -0.15) is 9.57 Å². The van der Waals surface area contributed by atoms with Crippen LogP contribution < -0.4 is 5.73 Å². The molecule has 1 heterocycles. The number of sulfone groups is 1. The Morgan fingerprint density at radius 3 is 2.33 bits per heavy atom. The standard InChI is InChI=1S/C18H17Cl2N3O5S2/c19-13-2-4-14(5-3-13)29(25,26)17-9-23(11-18(17,24)10-22)30(27,28)16-6-1-12(8-21)7-15(16)20/h1-7,17,24H,9-11,22H2/t17?,18-/m1/s1. The second-order valence-corrected chi connectivity index (χ2v) is 11.7. The second kappa shape index (κ2) is 8.09. The Hall–Kier alpha value is -1.71. The molecule has 0 bridgehead atoms. The van der Waals surface area contributed by atoms with Crippen LogP contribution in [0.3, 0.4) is 0 Å². The number of hydrogen-bond donors (Lipinski definition) is 2. The van der Waals surface area contributed by atoms with Gasteiger partial charge in [0.15, 0.2) is 9.84 Å². The molecule has 0 radical (unpaired) electrons. The van der Waals surface area contributed by atoms with Gasteiger partial charge in [-0.15, -0.1) is 0 Å². The summed E-state index contributed by atoms with van der Waals surface area (Å²) in [7, 11) is -8.41. The molecule has 1 saturated heterocycles. The van der Waals surface area contributed by atoms with E-state index in [1.807, 2.05) is 6.07 Å². The summed E-state index contributed by atoms with van der Waals surface area (Å²) in [6.07, 6.45) is 0. The molecule has 2 atom stereocenters. The zero-order valence-electron chi connectivity index (χ0n) is 15.4. The van der Waals surface area contributed by atoms with Crippen LogP contribution in [-0.4, -0.2) is 56.7 Å². The van der Waals surface area contributed by atoms with Crippen LogP contribution in [0.4, 0.5) is 0 Å². The van der Waals surface area contributed by atoms with Gasteiger partial charge in [-0.1, -0.05) is 23.2 Å². The van der Waals surface area contributed by atoms with Crippen LogP contribution in [0.25, 0.3) is 0 Å². The van der Waals surface area contributed by atoms with E-state index in [4.69, 9.17) is 34.2 Å². The summed E-state index contributed by atoms with van der Waals surface area (Å²) in [5.41, 5.74) is 3.81. The number of hydrogen-bond acceptors (Lipinski definition) is 7. The molecule has 1 aliphatic heterocycles. The summed E-state index contributed by atoms with van der Waals surface area (Å²) in [5.74, 6) is 0. The van der Waals surface area contributed by atoms with Crippen molar-refractivity contribution in [2.24, 2.45) is 5.73 Å². The van der Waals surface area contributed by atoms with Gasteiger partial charge in [0.1, 0.15) is 15.7 Å². The SMILES string of the molecule is N#Cc1ccc(S(=O)(=O)N2CC(S(=O)(=O)c3ccc(Cl)cc3)[C@@](O)(CN)C2)c(Cl)c1. The lowest BCUT2D eigenvalue weighted by Crippen LogP contribution is -2.51. The molecule has 12 heteroatoms. The highest BCUT2D eigenvalue weighted by Crippen LogP contribution is 2.36. The quantitative estimate of drug-likeness (QED) is 0.645. The third-order valence-electron chi connectivity index (χ3n) is 4.97. The summed E-state index contributed by atoms with van der Waals surface area (Å²) in [5, 5.41) is 18.5. The van der Waals surface area contributed by atoms with Crippen LogP contribution in [0.2, 0.25) is 10.0 Å². The van der Waals surface area contributed by atoms with Gasteiger partial charge in [-0.3, -0.25) is 0 Å². The zero-order chi connectivity index (χ0) is 22.3. The normalized spacial score (nSPS) is 22.7. The molecule has 3 N–H and O–H groups in total. The molecule has 160 valence electrons. The first-order valence-electron chi connectivity index (χ1n) is 8.57. The number of halogens is 2. The number of nitriles is 1. The van der Waals surface area contributed by atoms with E-state index in [0.717, 1.165) is 4.31 Å². The number of benzene rings is 2. The Morgan fingerprint density at radius 2 is 1.80 bits per heavy atom. The van der Waals surface area contributed by atoms with E-state index in [1.165, 1.54) is 42.5 Å². The number of rotatable bonds is 5. The van der Waals surface area contributed by atoms with E-state index in [-0.39, 0.29) is 20.4 Å². The molecular weight excluding hydrogens is 473 g/mol. The number of nitrogens with zero attached hydrogens (tertiary/aromatic N) is 2. The number of aliphatic hydroxyl groups is 1. The van der Waals surface area contributed by atoms with Crippen LogP contribution in [0.5, 0.6) is 0 Å². The first-order chi connectivity index (χ1) is 14.0. The largest absolute Gasteiger partial charge is 0.386 e.